The Bertz CT molecular complexity index is 1360. The van der Waals surface area contributed by atoms with Gasteiger partial charge in [-0.2, -0.15) is 0 Å². The van der Waals surface area contributed by atoms with E-state index in [0.29, 0.717) is 38.5 Å². The molecule has 0 saturated heterocycles. The predicted octanol–water partition coefficient (Wildman–Crippen LogP) is 6.34. The predicted molar refractivity (Wildman–Crippen MR) is 130 cm³/mol. The van der Waals surface area contributed by atoms with E-state index < -0.39 is 5.97 Å². The number of nitrogens with zero attached hydrogens (tertiary/aromatic N) is 1. The van der Waals surface area contributed by atoms with Crippen LogP contribution in [0.5, 0.6) is 17.4 Å². The van der Waals surface area contributed by atoms with E-state index in [2.05, 4.69) is 0 Å². The second-order valence-corrected chi connectivity index (χ2v) is 8.91. The number of rotatable bonds is 7. The van der Waals surface area contributed by atoms with Crippen LogP contribution in [0.25, 0.3) is 27.2 Å². The molecule has 0 saturated carbocycles. The minimum Gasteiger partial charge on any atom is -0.494 e. The molecule has 0 bridgehead atoms. The largest absolute Gasteiger partial charge is 0.494 e. The first-order chi connectivity index (χ1) is 15.7. The maximum absolute atomic E-state index is 11.4. The smallest absolute Gasteiger partial charge is 0.307 e. The number of aromatic nitrogens is 1. The molecular formula is C26H26ClNO5. The third kappa shape index (κ3) is 4.31. The fraction of sp³-hybridized carbons (Fsp3) is 0.269. The standard InChI is InChI=1S/C26H26ClNO5/c1-14(2)32-24-17-7-5-6-8-18(17)25(33-15(3)4)23-19(24)13-28(26(23)31)21-10-9-16(11-20(21)27)12-22(29)30/h5-11,13-15,31H,12H2,1-4H3,(H,29,30). The highest BCUT2D eigenvalue weighted by molar-refractivity contribution is 6.32. The molecule has 0 radical (unpaired) electrons. The van der Waals surface area contributed by atoms with Crippen LogP contribution in [0.15, 0.2) is 48.7 Å². The fourth-order valence-corrected chi connectivity index (χ4v) is 4.28. The first-order valence-electron chi connectivity index (χ1n) is 10.8. The van der Waals surface area contributed by atoms with Crippen LogP contribution in [-0.2, 0) is 11.2 Å². The molecule has 0 spiro atoms. The molecule has 2 N–H and O–H groups in total. The van der Waals surface area contributed by atoms with Gasteiger partial charge < -0.3 is 19.7 Å². The van der Waals surface area contributed by atoms with Crippen molar-refractivity contribution in [1.82, 2.24) is 4.57 Å². The Hall–Kier alpha value is -3.38. The van der Waals surface area contributed by atoms with Gasteiger partial charge in [-0.25, -0.2) is 0 Å². The quantitative estimate of drug-likeness (QED) is 0.331. The number of aliphatic carboxylic acids is 1. The molecule has 0 atom stereocenters. The van der Waals surface area contributed by atoms with Crippen molar-refractivity contribution in [2.24, 2.45) is 0 Å². The molecule has 0 aliphatic heterocycles. The molecule has 1 aromatic heterocycles. The molecule has 33 heavy (non-hydrogen) atoms. The van der Waals surface area contributed by atoms with Crippen LogP contribution in [0.4, 0.5) is 0 Å². The van der Waals surface area contributed by atoms with Crippen LogP contribution in [0.3, 0.4) is 0 Å². The zero-order valence-electron chi connectivity index (χ0n) is 18.9. The molecule has 172 valence electrons. The number of benzene rings is 3. The average Bonchev–Trinajstić information content (AvgIpc) is 3.06. The van der Waals surface area contributed by atoms with E-state index in [1.54, 1.807) is 29.0 Å². The van der Waals surface area contributed by atoms with Gasteiger partial charge in [-0.15, -0.1) is 0 Å². The molecule has 0 aliphatic carbocycles. The Kier molecular flexibility index (Phi) is 6.13. The van der Waals surface area contributed by atoms with Gasteiger partial charge in [0.25, 0.3) is 0 Å². The number of hydrogen-bond acceptors (Lipinski definition) is 4. The summed E-state index contributed by atoms with van der Waals surface area (Å²) < 4.78 is 14.0. The summed E-state index contributed by atoms with van der Waals surface area (Å²) in [6.07, 6.45) is 1.44. The number of hydrogen-bond donors (Lipinski definition) is 2. The van der Waals surface area contributed by atoms with Gasteiger partial charge in [-0.05, 0) is 45.4 Å². The van der Waals surface area contributed by atoms with E-state index >= 15 is 0 Å². The third-order valence-electron chi connectivity index (χ3n) is 5.20. The van der Waals surface area contributed by atoms with Crippen molar-refractivity contribution in [2.45, 2.75) is 46.3 Å². The Morgan fingerprint density at radius 1 is 0.970 bits per heavy atom. The summed E-state index contributed by atoms with van der Waals surface area (Å²) in [7, 11) is 0. The molecule has 3 aromatic carbocycles. The number of carboxylic acid groups (broad SMARTS) is 1. The van der Waals surface area contributed by atoms with Crippen LogP contribution in [0, 0.1) is 0 Å². The zero-order valence-corrected chi connectivity index (χ0v) is 19.7. The molecule has 0 unspecified atom stereocenters. The van der Waals surface area contributed by atoms with Crippen molar-refractivity contribution < 1.29 is 24.5 Å². The lowest BCUT2D eigenvalue weighted by Crippen LogP contribution is -2.08. The number of fused-ring (bicyclic) bond motifs is 2. The van der Waals surface area contributed by atoms with Gasteiger partial charge in [-0.3, -0.25) is 9.36 Å². The van der Waals surface area contributed by atoms with Crippen molar-refractivity contribution in [1.29, 1.82) is 0 Å². The van der Waals surface area contributed by atoms with Gasteiger partial charge in [0.15, 0.2) is 0 Å². The molecule has 0 amide bonds. The van der Waals surface area contributed by atoms with E-state index in [1.807, 2.05) is 52.0 Å². The highest BCUT2D eigenvalue weighted by Gasteiger charge is 2.24. The van der Waals surface area contributed by atoms with E-state index in [4.69, 9.17) is 26.2 Å². The summed E-state index contributed by atoms with van der Waals surface area (Å²) in [5, 5.41) is 23.7. The number of ether oxygens (including phenoxy) is 2. The molecule has 1 heterocycles. The number of carboxylic acids is 1. The van der Waals surface area contributed by atoms with E-state index in [0.717, 1.165) is 10.8 Å². The fourth-order valence-electron chi connectivity index (χ4n) is 3.99. The molecule has 0 aliphatic rings. The maximum Gasteiger partial charge on any atom is 0.307 e. The first-order valence-corrected chi connectivity index (χ1v) is 11.2. The average molecular weight is 468 g/mol. The van der Waals surface area contributed by atoms with Gasteiger partial charge in [0.1, 0.15) is 11.5 Å². The summed E-state index contributed by atoms with van der Waals surface area (Å²) in [5.41, 5.74) is 1.10. The first kappa shape index (κ1) is 22.8. The Morgan fingerprint density at radius 2 is 1.58 bits per heavy atom. The van der Waals surface area contributed by atoms with Crippen molar-refractivity contribution in [2.75, 3.05) is 0 Å². The monoisotopic (exact) mass is 467 g/mol. The SMILES string of the molecule is CC(C)Oc1c2ccccc2c(OC(C)C)c2c(O)n(-c3ccc(CC(=O)O)cc3Cl)cc12. The van der Waals surface area contributed by atoms with Crippen LogP contribution < -0.4 is 9.47 Å². The number of halogens is 1. The van der Waals surface area contributed by atoms with Crippen LogP contribution >= 0.6 is 11.6 Å². The van der Waals surface area contributed by atoms with E-state index in [9.17, 15) is 9.90 Å². The van der Waals surface area contributed by atoms with Crippen molar-refractivity contribution >= 4 is 39.1 Å². The summed E-state index contributed by atoms with van der Waals surface area (Å²) in [4.78, 5) is 11.1. The lowest BCUT2D eigenvalue weighted by Gasteiger charge is -2.19. The van der Waals surface area contributed by atoms with E-state index in [1.165, 1.54) is 0 Å². The van der Waals surface area contributed by atoms with Crippen molar-refractivity contribution in [3.05, 3.63) is 59.2 Å². The van der Waals surface area contributed by atoms with Gasteiger partial charge in [0.05, 0.1) is 40.1 Å². The number of aromatic hydroxyl groups is 1. The summed E-state index contributed by atoms with van der Waals surface area (Å²) in [5.74, 6) is 0.250. The highest BCUT2D eigenvalue weighted by Crippen LogP contribution is 2.49. The Morgan fingerprint density at radius 3 is 2.15 bits per heavy atom. The van der Waals surface area contributed by atoms with Crippen LogP contribution in [-0.4, -0.2) is 33.0 Å². The van der Waals surface area contributed by atoms with Gasteiger partial charge >= 0.3 is 5.97 Å². The normalized spacial score (nSPS) is 11.6. The second-order valence-electron chi connectivity index (χ2n) is 8.50. The summed E-state index contributed by atoms with van der Waals surface area (Å²) in [6, 6.07) is 12.8. The lowest BCUT2D eigenvalue weighted by molar-refractivity contribution is -0.136. The maximum atomic E-state index is 11.4. The highest BCUT2D eigenvalue weighted by atomic mass is 35.5. The third-order valence-corrected chi connectivity index (χ3v) is 5.50. The summed E-state index contributed by atoms with van der Waals surface area (Å²) in [6.45, 7) is 7.78. The molecule has 4 aromatic rings. The van der Waals surface area contributed by atoms with Crippen LogP contribution in [0.2, 0.25) is 5.02 Å². The molecule has 0 fully saturated rings. The van der Waals surface area contributed by atoms with Crippen molar-refractivity contribution in [3.63, 3.8) is 0 Å². The van der Waals surface area contributed by atoms with Gasteiger partial charge in [0.2, 0.25) is 5.88 Å². The molecule has 6 nitrogen and oxygen atoms in total. The van der Waals surface area contributed by atoms with E-state index in [-0.39, 0.29) is 24.5 Å². The minimum absolute atomic E-state index is 0.0344. The Balaban J connectivity index is 2.04. The number of carbonyl (C=O) groups is 1. The molecule has 4 rings (SSSR count). The lowest BCUT2D eigenvalue weighted by atomic mass is 10.0. The van der Waals surface area contributed by atoms with Crippen LogP contribution in [0.1, 0.15) is 33.3 Å². The summed E-state index contributed by atoms with van der Waals surface area (Å²) >= 11 is 6.51. The minimum atomic E-state index is -0.939. The Labute approximate surface area is 196 Å². The van der Waals surface area contributed by atoms with Gasteiger partial charge in [-0.1, -0.05) is 41.9 Å². The second kappa shape index (κ2) is 8.87. The topological polar surface area (TPSA) is 80.9 Å². The van der Waals surface area contributed by atoms with Gasteiger partial charge in [0, 0.05) is 17.0 Å². The van der Waals surface area contributed by atoms with Crippen molar-refractivity contribution in [3.8, 4) is 23.1 Å². The molecular weight excluding hydrogens is 442 g/mol. The zero-order chi connectivity index (χ0) is 23.9. The molecule has 7 heteroatoms.